The van der Waals surface area contributed by atoms with Crippen LogP contribution in [0.3, 0.4) is 0 Å². The van der Waals surface area contributed by atoms with Gasteiger partial charge in [-0.25, -0.2) is 0 Å². The maximum atomic E-state index is 13.0. The van der Waals surface area contributed by atoms with Gasteiger partial charge in [0, 0.05) is 25.6 Å². The summed E-state index contributed by atoms with van der Waals surface area (Å²) in [4.78, 5) is 26.5. The van der Waals surface area contributed by atoms with Crippen LogP contribution in [0.25, 0.3) is 0 Å². The number of carbonyl (C=O) groups excluding carboxylic acids is 1. The number of piperidine rings is 1. The van der Waals surface area contributed by atoms with Crippen LogP contribution in [0.1, 0.15) is 52.4 Å². The smallest absolute Gasteiger partial charge is 0.313 e. The second kappa shape index (κ2) is 6.57. The quantitative estimate of drug-likeness (QED) is 0.847. The number of likely N-dealkylation sites (tertiary alicyclic amines) is 1. The highest BCUT2D eigenvalue weighted by molar-refractivity contribution is 5.84. The van der Waals surface area contributed by atoms with Crippen LogP contribution in [0.15, 0.2) is 0 Å². The molecule has 1 unspecified atom stereocenters. The molecule has 1 saturated carbocycles. The molecule has 1 saturated heterocycles. The normalized spacial score (nSPS) is 27.1. The summed E-state index contributed by atoms with van der Waals surface area (Å²) in [6, 6.07) is 0. The maximum Gasteiger partial charge on any atom is 0.313 e. The van der Waals surface area contributed by atoms with Gasteiger partial charge in [0.05, 0.1) is 6.61 Å². The third-order valence-corrected chi connectivity index (χ3v) is 5.67. The topological polar surface area (TPSA) is 66.8 Å². The van der Waals surface area contributed by atoms with E-state index in [1.807, 2.05) is 13.8 Å². The molecule has 1 aliphatic heterocycles. The lowest BCUT2D eigenvalue weighted by molar-refractivity contribution is -0.162. The van der Waals surface area contributed by atoms with Gasteiger partial charge in [-0.15, -0.1) is 0 Å². The average Bonchev–Trinajstić information content (AvgIpc) is 3.01. The van der Waals surface area contributed by atoms with E-state index in [1.54, 1.807) is 4.90 Å². The van der Waals surface area contributed by atoms with E-state index in [-0.39, 0.29) is 19.1 Å². The molecule has 0 bridgehead atoms. The molecule has 5 heteroatoms. The molecule has 0 spiro atoms. The number of carboxylic acids is 1. The molecule has 0 aromatic carbocycles. The van der Waals surface area contributed by atoms with Crippen molar-refractivity contribution in [1.82, 2.24) is 4.90 Å². The van der Waals surface area contributed by atoms with Crippen LogP contribution in [-0.4, -0.2) is 48.7 Å². The molecule has 2 aliphatic rings. The SMILES string of the molecule is COCC1(C(=O)O)CCCN(C(=O)C(C)(C)C2CCCC2)C1. The molecule has 126 valence electrons. The second-order valence-corrected chi connectivity index (χ2v) is 7.55. The lowest BCUT2D eigenvalue weighted by Gasteiger charge is -2.43. The van der Waals surface area contributed by atoms with Crippen LogP contribution in [0.2, 0.25) is 0 Å². The molecule has 2 rings (SSSR count). The fraction of sp³-hybridized carbons (Fsp3) is 0.882. The van der Waals surface area contributed by atoms with Crippen LogP contribution >= 0.6 is 0 Å². The van der Waals surface area contributed by atoms with E-state index in [2.05, 4.69) is 0 Å². The molecule has 1 amide bonds. The Kier molecular flexibility index (Phi) is 5.15. The van der Waals surface area contributed by atoms with E-state index in [1.165, 1.54) is 20.0 Å². The van der Waals surface area contributed by atoms with Crippen molar-refractivity contribution in [2.45, 2.75) is 52.4 Å². The molecule has 1 aliphatic carbocycles. The molecule has 1 atom stereocenters. The molecule has 22 heavy (non-hydrogen) atoms. The van der Waals surface area contributed by atoms with Crippen molar-refractivity contribution in [2.75, 3.05) is 26.8 Å². The highest BCUT2D eigenvalue weighted by Gasteiger charge is 2.47. The van der Waals surface area contributed by atoms with Crippen LogP contribution in [-0.2, 0) is 14.3 Å². The molecular formula is C17H29NO4. The first-order valence-electron chi connectivity index (χ1n) is 8.35. The van der Waals surface area contributed by atoms with Gasteiger partial charge >= 0.3 is 5.97 Å². The Morgan fingerprint density at radius 3 is 2.45 bits per heavy atom. The molecule has 5 nitrogen and oxygen atoms in total. The van der Waals surface area contributed by atoms with Crippen LogP contribution in [0, 0.1) is 16.7 Å². The summed E-state index contributed by atoms with van der Waals surface area (Å²) in [6.07, 6.45) is 5.91. The number of methoxy groups -OCH3 is 1. The van der Waals surface area contributed by atoms with Crippen LogP contribution < -0.4 is 0 Å². The van der Waals surface area contributed by atoms with Crippen molar-refractivity contribution < 1.29 is 19.4 Å². The van der Waals surface area contributed by atoms with Crippen molar-refractivity contribution in [3.63, 3.8) is 0 Å². The number of hydrogen-bond donors (Lipinski definition) is 1. The number of ether oxygens (including phenoxy) is 1. The zero-order chi connectivity index (χ0) is 16.4. The maximum absolute atomic E-state index is 13.0. The van der Waals surface area contributed by atoms with Gasteiger partial charge in [-0.2, -0.15) is 0 Å². The number of hydrogen-bond acceptors (Lipinski definition) is 3. The molecule has 0 aromatic heterocycles. The predicted octanol–water partition coefficient (Wildman–Crippen LogP) is 2.54. The van der Waals surface area contributed by atoms with E-state index in [0.29, 0.717) is 18.9 Å². The third kappa shape index (κ3) is 3.14. The Bertz CT molecular complexity index is 424. The third-order valence-electron chi connectivity index (χ3n) is 5.67. The zero-order valence-electron chi connectivity index (χ0n) is 14.1. The largest absolute Gasteiger partial charge is 0.481 e. The van der Waals surface area contributed by atoms with E-state index >= 15 is 0 Å². The predicted molar refractivity (Wildman–Crippen MR) is 83.5 cm³/mol. The minimum absolute atomic E-state index is 0.112. The fourth-order valence-corrected chi connectivity index (χ4v) is 4.17. The van der Waals surface area contributed by atoms with Gasteiger partial charge in [0.15, 0.2) is 0 Å². The first-order valence-corrected chi connectivity index (χ1v) is 8.35. The lowest BCUT2D eigenvalue weighted by Crippen LogP contribution is -2.55. The lowest BCUT2D eigenvalue weighted by atomic mass is 9.74. The van der Waals surface area contributed by atoms with Crippen molar-refractivity contribution in [3.8, 4) is 0 Å². The molecule has 0 radical (unpaired) electrons. The Morgan fingerprint density at radius 1 is 1.27 bits per heavy atom. The van der Waals surface area contributed by atoms with Gasteiger partial charge in [0.2, 0.25) is 5.91 Å². The van der Waals surface area contributed by atoms with Crippen molar-refractivity contribution in [2.24, 2.45) is 16.7 Å². The molecular weight excluding hydrogens is 282 g/mol. The van der Waals surface area contributed by atoms with E-state index in [0.717, 1.165) is 19.3 Å². The molecule has 0 aromatic rings. The number of carboxylic acid groups (broad SMARTS) is 1. The summed E-state index contributed by atoms with van der Waals surface area (Å²) >= 11 is 0. The standard InChI is InChI=1S/C17H29NO4/c1-16(2,13-7-4-5-8-13)14(19)18-10-6-9-17(11-18,12-22-3)15(20)21/h13H,4-12H2,1-3H3,(H,20,21). The monoisotopic (exact) mass is 311 g/mol. The number of aliphatic carboxylic acids is 1. The van der Waals surface area contributed by atoms with Crippen molar-refractivity contribution >= 4 is 11.9 Å². The van der Waals surface area contributed by atoms with E-state index in [9.17, 15) is 14.7 Å². The van der Waals surface area contributed by atoms with Gasteiger partial charge < -0.3 is 14.7 Å². The van der Waals surface area contributed by atoms with E-state index < -0.39 is 16.8 Å². The first-order chi connectivity index (χ1) is 10.3. The summed E-state index contributed by atoms with van der Waals surface area (Å²) < 4.78 is 5.14. The Balaban J connectivity index is 2.13. The van der Waals surface area contributed by atoms with Crippen molar-refractivity contribution in [1.29, 1.82) is 0 Å². The summed E-state index contributed by atoms with van der Waals surface area (Å²) in [5.41, 5.74) is -1.35. The second-order valence-electron chi connectivity index (χ2n) is 7.55. The first kappa shape index (κ1) is 17.3. The number of carbonyl (C=O) groups is 2. The number of amides is 1. The van der Waals surface area contributed by atoms with Gasteiger partial charge in [0.1, 0.15) is 5.41 Å². The summed E-state index contributed by atoms with van der Waals surface area (Å²) in [5.74, 6) is -0.324. The summed E-state index contributed by atoms with van der Waals surface area (Å²) in [6.45, 7) is 5.15. The molecule has 2 fully saturated rings. The van der Waals surface area contributed by atoms with Crippen molar-refractivity contribution in [3.05, 3.63) is 0 Å². The summed E-state index contributed by atoms with van der Waals surface area (Å²) in [7, 11) is 1.52. The van der Waals surface area contributed by atoms with E-state index in [4.69, 9.17) is 4.74 Å². The highest BCUT2D eigenvalue weighted by Crippen LogP contribution is 2.42. The van der Waals surface area contributed by atoms with Crippen LogP contribution in [0.4, 0.5) is 0 Å². The average molecular weight is 311 g/mol. The van der Waals surface area contributed by atoms with Gasteiger partial charge in [0.25, 0.3) is 0 Å². The Morgan fingerprint density at radius 2 is 1.91 bits per heavy atom. The molecule has 1 N–H and O–H groups in total. The van der Waals surface area contributed by atoms with Gasteiger partial charge in [-0.3, -0.25) is 9.59 Å². The fourth-order valence-electron chi connectivity index (χ4n) is 4.17. The number of rotatable bonds is 5. The minimum atomic E-state index is -0.950. The molecule has 1 heterocycles. The van der Waals surface area contributed by atoms with Crippen LogP contribution in [0.5, 0.6) is 0 Å². The number of nitrogens with zero attached hydrogens (tertiary/aromatic N) is 1. The Labute approximate surface area is 133 Å². The van der Waals surface area contributed by atoms with Gasteiger partial charge in [-0.05, 0) is 31.6 Å². The zero-order valence-corrected chi connectivity index (χ0v) is 14.1. The highest BCUT2D eigenvalue weighted by atomic mass is 16.5. The minimum Gasteiger partial charge on any atom is -0.481 e. The summed E-state index contributed by atoms with van der Waals surface area (Å²) in [5, 5.41) is 9.62. The van der Waals surface area contributed by atoms with Gasteiger partial charge in [-0.1, -0.05) is 26.7 Å². The Hall–Kier alpha value is -1.10.